The number of alkyl halides is 2. The van der Waals surface area contributed by atoms with Gasteiger partial charge in [0.1, 0.15) is 12.2 Å². The molecule has 0 unspecified atom stereocenters. The summed E-state index contributed by atoms with van der Waals surface area (Å²) in [5.41, 5.74) is -0.662. The number of ether oxygens (including phenoxy) is 2. The summed E-state index contributed by atoms with van der Waals surface area (Å²) in [6, 6.07) is 7.74. The highest BCUT2D eigenvalue weighted by Gasteiger charge is 2.61. The van der Waals surface area contributed by atoms with E-state index in [1.807, 2.05) is 30.3 Å². The van der Waals surface area contributed by atoms with E-state index in [0.29, 0.717) is 25.9 Å². The first-order chi connectivity index (χ1) is 14.8. The van der Waals surface area contributed by atoms with Crippen LogP contribution in [0.5, 0.6) is 0 Å². The molecule has 2 atom stereocenters. The summed E-state index contributed by atoms with van der Waals surface area (Å²) in [6.45, 7) is 9.01. The van der Waals surface area contributed by atoms with Crippen LogP contribution in [0.4, 0.5) is 13.6 Å². The average molecular weight is 453 g/mol. The van der Waals surface area contributed by atoms with Crippen LogP contribution in [0.3, 0.4) is 0 Å². The lowest BCUT2D eigenvalue weighted by Crippen LogP contribution is -2.46. The maximum Gasteiger partial charge on any atom is 0.410 e. The lowest BCUT2D eigenvalue weighted by Gasteiger charge is -2.31. The molecule has 178 valence electrons. The van der Waals surface area contributed by atoms with E-state index in [0.717, 1.165) is 5.56 Å². The molecule has 1 aromatic rings. The van der Waals surface area contributed by atoms with E-state index in [-0.39, 0.29) is 12.6 Å². The molecule has 3 rings (SSSR count). The Labute approximate surface area is 188 Å². The number of likely N-dealkylation sites (tertiary alicyclic amines) is 2. The Balaban J connectivity index is 1.58. The minimum atomic E-state index is -3.03. The van der Waals surface area contributed by atoms with Gasteiger partial charge in [0.2, 0.25) is 0 Å². The molecule has 0 spiro atoms. The first kappa shape index (κ1) is 24.4. The zero-order valence-corrected chi connectivity index (χ0v) is 19.6. The van der Waals surface area contributed by atoms with E-state index in [9.17, 15) is 18.4 Å². The minimum absolute atomic E-state index is 0.181. The number of amides is 1. The van der Waals surface area contributed by atoms with Crippen LogP contribution in [0.25, 0.3) is 0 Å². The number of hydrogen-bond donors (Lipinski definition) is 0. The zero-order valence-electron chi connectivity index (χ0n) is 19.6. The summed E-state index contributed by atoms with van der Waals surface area (Å²) in [4.78, 5) is 28.0. The number of nitrogens with zero attached hydrogens (tertiary/aromatic N) is 2. The van der Waals surface area contributed by atoms with Crippen molar-refractivity contribution in [3.63, 3.8) is 0 Å². The van der Waals surface area contributed by atoms with Gasteiger partial charge in [0.05, 0.1) is 24.0 Å². The van der Waals surface area contributed by atoms with Crippen LogP contribution in [0, 0.1) is 5.41 Å². The number of benzene rings is 1. The third-order valence-corrected chi connectivity index (χ3v) is 6.10. The Hall–Kier alpha value is -2.22. The standard InChI is InChI=1S/C24H34F2N2O4/c1-22(2,3)32-21(30)28-16-24(25,26)19-18(28)11-13-27(19)14-12-23(4,5)20(29)31-15-17-9-7-6-8-10-17/h6-10,18-19H,11-16H2,1-5H3/t18-,19+/m0/s1. The van der Waals surface area contributed by atoms with E-state index in [4.69, 9.17) is 9.47 Å². The van der Waals surface area contributed by atoms with Gasteiger partial charge in [0.15, 0.2) is 0 Å². The molecular weight excluding hydrogens is 418 g/mol. The molecule has 1 amide bonds. The Kier molecular flexibility index (Phi) is 6.84. The van der Waals surface area contributed by atoms with Gasteiger partial charge in [0, 0.05) is 6.54 Å². The molecular formula is C24H34F2N2O4. The summed E-state index contributed by atoms with van der Waals surface area (Å²) in [7, 11) is 0. The lowest BCUT2D eigenvalue weighted by atomic mass is 9.89. The number of fused-ring (bicyclic) bond motifs is 1. The number of carbonyl (C=O) groups excluding carboxylic acids is 2. The van der Waals surface area contributed by atoms with E-state index in [2.05, 4.69) is 0 Å². The Morgan fingerprint density at radius 2 is 1.78 bits per heavy atom. The van der Waals surface area contributed by atoms with Crippen LogP contribution >= 0.6 is 0 Å². The molecule has 2 fully saturated rings. The molecule has 6 nitrogen and oxygen atoms in total. The molecule has 0 aliphatic carbocycles. The Bertz CT molecular complexity index is 823. The minimum Gasteiger partial charge on any atom is -0.460 e. The fourth-order valence-electron chi connectivity index (χ4n) is 4.37. The second-order valence-electron chi connectivity index (χ2n) is 10.4. The van der Waals surface area contributed by atoms with Crippen molar-refractivity contribution in [2.24, 2.45) is 5.41 Å². The monoisotopic (exact) mass is 452 g/mol. The van der Waals surface area contributed by atoms with Crippen LogP contribution in [0.1, 0.15) is 53.0 Å². The van der Waals surface area contributed by atoms with Gasteiger partial charge in [-0.15, -0.1) is 0 Å². The maximum absolute atomic E-state index is 14.9. The summed E-state index contributed by atoms with van der Waals surface area (Å²) in [5, 5.41) is 0. The van der Waals surface area contributed by atoms with Crippen molar-refractivity contribution >= 4 is 12.1 Å². The van der Waals surface area contributed by atoms with Gasteiger partial charge in [-0.1, -0.05) is 30.3 Å². The van der Waals surface area contributed by atoms with Gasteiger partial charge in [-0.05, 0) is 59.6 Å². The van der Waals surface area contributed by atoms with Crippen LogP contribution < -0.4 is 0 Å². The van der Waals surface area contributed by atoms with Gasteiger partial charge < -0.3 is 9.47 Å². The summed E-state index contributed by atoms with van der Waals surface area (Å²) in [5.74, 6) is -3.39. The number of rotatable bonds is 6. The molecule has 0 saturated carbocycles. The van der Waals surface area contributed by atoms with Crippen molar-refractivity contribution in [3.8, 4) is 0 Å². The Morgan fingerprint density at radius 1 is 1.12 bits per heavy atom. The fraction of sp³-hybridized carbons (Fsp3) is 0.667. The molecule has 1 aromatic carbocycles. The van der Waals surface area contributed by atoms with Crippen molar-refractivity contribution in [2.45, 2.75) is 77.7 Å². The lowest BCUT2D eigenvalue weighted by molar-refractivity contribution is -0.156. The predicted octanol–water partition coefficient (Wildman–Crippen LogP) is 4.48. The van der Waals surface area contributed by atoms with Crippen LogP contribution in [0.2, 0.25) is 0 Å². The summed E-state index contributed by atoms with van der Waals surface area (Å²) in [6.07, 6.45) is 0.140. The first-order valence-corrected chi connectivity index (χ1v) is 11.1. The topological polar surface area (TPSA) is 59.1 Å². The number of hydrogen-bond acceptors (Lipinski definition) is 5. The van der Waals surface area contributed by atoms with E-state index < -0.39 is 41.7 Å². The molecule has 2 saturated heterocycles. The molecule has 2 aliphatic rings. The molecule has 0 bridgehead atoms. The largest absolute Gasteiger partial charge is 0.460 e. The molecule has 8 heteroatoms. The second-order valence-corrected chi connectivity index (χ2v) is 10.4. The van der Waals surface area contributed by atoms with Gasteiger partial charge in [-0.25, -0.2) is 13.6 Å². The van der Waals surface area contributed by atoms with Gasteiger partial charge in [-0.3, -0.25) is 14.6 Å². The van der Waals surface area contributed by atoms with E-state index in [1.165, 1.54) is 4.90 Å². The van der Waals surface area contributed by atoms with Crippen LogP contribution in [-0.2, 0) is 20.9 Å². The van der Waals surface area contributed by atoms with E-state index in [1.54, 1.807) is 39.5 Å². The summed E-state index contributed by atoms with van der Waals surface area (Å²) >= 11 is 0. The summed E-state index contributed by atoms with van der Waals surface area (Å²) < 4.78 is 40.6. The van der Waals surface area contributed by atoms with Crippen LogP contribution in [-0.4, -0.2) is 65.1 Å². The highest BCUT2D eigenvalue weighted by atomic mass is 19.3. The third kappa shape index (κ3) is 5.57. The number of halogens is 2. The molecule has 32 heavy (non-hydrogen) atoms. The number of carbonyl (C=O) groups is 2. The molecule has 2 aliphatic heterocycles. The van der Waals surface area contributed by atoms with Crippen molar-refractivity contribution in [1.29, 1.82) is 0 Å². The predicted molar refractivity (Wildman–Crippen MR) is 116 cm³/mol. The third-order valence-electron chi connectivity index (χ3n) is 6.10. The smallest absolute Gasteiger partial charge is 0.410 e. The molecule has 0 radical (unpaired) electrons. The quantitative estimate of drug-likeness (QED) is 0.596. The molecule has 0 aromatic heterocycles. The van der Waals surface area contributed by atoms with Gasteiger partial charge in [0.25, 0.3) is 5.92 Å². The van der Waals surface area contributed by atoms with E-state index >= 15 is 0 Å². The van der Waals surface area contributed by atoms with Crippen molar-refractivity contribution < 1.29 is 27.8 Å². The maximum atomic E-state index is 14.9. The van der Waals surface area contributed by atoms with Crippen molar-refractivity contribution in [3.05, 3.63) is 35.9 Å². The van der Waals surface area contributed by atoms with Crippen molar-refractivity contribution in [1.82, 2.24) is 9.80 Å². The molecule has 2 heterocycles. The van der Waals surface area contributed by atoms with Gasteiger partial charge >= 0.3 is 12.1 Å². The first-order valence-electron chi connectivity index (χ1n) is 11.1. The number of esters is 1. The Morgan fingerprint density at radius 3 is 2.41 bits per heavy atom. The highest BCUT2D eigenvalue weighted by molar-refractivity contribution is 5.75. The van der Waals surface area contributed by atoms with Gasteiger partial charge in [-0.2, -0.15) is 0 Å². The average Bonchev–Trinajstić information content (AvgIpc) is 3.23. The molecule has 0 N–H and O–H groups in total. The zero-order chi connectivity index (χ0) is 23.7. The van der Waals surface area contributed by atoms with Crippen molar-refractivity contribution in [2.75, 3.05) is 19.6 Å². The second kappa shape index (κ2) is 8.96. The van der Waals surface area contributed by atoms with Crippen LogP contribution in [0.15, 0.2) is 30.3 Å². The normalized spacial score (nSPS) is 23.2. The fourth-order valence-corrected chi connectivity index (χ4v) is 4.37. The SMILES string of the molecule is CC(C)(C)OC(=O)N1CC(F)(F)[C@H]2[C@@H]1CCN2CCC(C)(C)C(=O)OCc1ccccc1. The highest BCUT2D eigenvalue weighted by Crippen LogP contribution is 2.42.